The van der Waals surface area contributed by atoms with Gasteiger partial charge in [-0.1, -0.05) is 11.6 Å². The Morgan fingerprint density at radius 2 is 1.89 bits per heavy atom. The van der Waals surface area contributed by atoms with Crippen LogP contribution in [-0.4, -0.2) is 7.11 Å². The van der Waals surface area contributed by atoms with E-state index in [9.17, 15) is 4.39 Å². The topological polar surface area (TPSA) is 45.0 Å². The van der Waals surface area contributed by atoms with Crippen LogP contribution in [0.4, 0.5) is 15.8 Å². The maximum atomic E-state index is 13.3. The molecule has 2 aromatic carbocycles. The van der Waals surface area contributed by atoms with E-state index in [0.29, 0.717) is 22.0 Å². The van der Waals surface area contributed by atoms with Gasteiger partial charge in [0.05, 0.1) is 17.7 Å². The van der Waals surface area contributed by atoms with Gasteiger partial charge in [-0.25, -0.2) is 4.39 Å². The minimum absolute atomic E-state index is 0.157. The van der Waals surface area contributed by atoms with Crippen LogP contribution in [0, 0.1) is 17.1 Å². The molecule has 96 valence electrons. The zero-order valence-corrected chi connectivity index (χ0v) is 10.8. The van der Waals surface area contributed by atoms with Crippen LogP contribution in [0.3, 0.4) is 0 Å². The van der Waals surface area contributed by atoms with Crippen molar-refractivity contribution in [2.45, 2.75) is 0 Å². The summed E-state index contributed by atoms with van der Waals surface area (Å²) >= 11 is 5.93. The number of methoxy groups -OCH3 is 1. The molecule has 0 aliphatic carbocycles. The zero-order valence-electron chi connectivity index (χ0n) is 10.1. The van der Waals surface area contributed by atoms with Crippen LogP contribution < -0.4 is 10.1 Å². The quantitative estimate of drug-likeness (QED) is 0.918. The molecule has 0 amide bonds. The monoisotopic (exact) mass is 276 g/mol. The van der Waals surface area contributed by atoms with Crippen molar-refractivity contribution in [2.24, 2.45) is 0 Å². The smallest absolute Gasteiger partial charge is 0.165 e. The first-order valence-electron chi connectivity index (χ1n) is 5.44. The molecule has 0 aromatic heterocycles. The first kappa shape index (κ1) is 13.2. The molecule has 0 heterocycles. The van der Waals surface area contributed by atoms with Gasteiger partial charge < -0.3 is 10.1 Å². The Morgan fingerprint density at radius 1 is 1.21 bits per heavy atom. The molecule has 0 unspecified atom stereocenters. The average molecular weight is 277 g/mol. The van der Waals surface area contributed by atoms with Gasteiger partial charge in [0.25, 0.3) is 0 Å². The van der Waals surface area contributed by atoms with E-state index in [4.69, 9.17) is 21.6 Å². The molecule has 0 fully saturated rings. The Balaban J connectivity index is 2.26. The highest BCUT2D eigenvalue weighted by atomic mass is 35.5. The molecule has 0 bridgehead atoms. The van der Waals surface area contributed by atoms with Crippen LogP contribution in [0.25, 0.3) is 0 Å². The Kier molecular flexibility index (Phi) is 3.88. The second kappa shape index (κ2) is 5.59. The highest BCUT2D eigenvalue weighted by molar-refractivity contribution is 6.32. The number of nitriles is 1. The fraction of sp³-hybridized carbons (Fsp3) is 0.0714. The van der Waals surface area contributed by atoms with Crippen molar-refractivity contribution in [1.82, 2.24) is 0 Å². The van der Waals surface area contributed by atoms with Crippen LogP contribution in [0.5, 0.6) is 5.75 Å². The molecule has 2 rings (SSSR count). The van der Waals surface area contributed by atoms with E-state index < -0.39 is 5.82 Å². The van der Waals surface area contributed by atoms with E-state index in [2.05, 4.69) is 5.32 Å². The largest absolute Gasteiger partial charge is 0.494 e. The number of nitrogens with one attached hydrogen (secondary N) is 1. The zero-order chi connectivity index (χ0) is 13.8. The Labute approximate surface area is 115 Å². The van der Waals surface area contributed by atoms with Gasteiger partial charge in [0.1, 0.15) is 6.07 Å². The maximum Gasteiger partial charge on any atom is 0.165 e. The predicted octanol–water partition coefficient (Wildman–Crippen LogP) is 4.10. The third kappa shape index (κ3) is 2.95. The fourth-order valence-electron chi connectivity index (χ4n) is 1.59. The molecule has 0 saturated heterocycles. The number of ether oxygens (including phenoxy) is 1. The van der Waals surface area contributed by atoms with Crippen LogP contribution in [0.15, 0.2) is 36.4 Å². The number of benzene rings is 2. The second-order valence-corrected chi connectivity index (χ2v) is 4.19. The van der Waals surface area contributed by atoms with Crippen LogP contribution in [-0.2, 0) is 0 Å². The summed E-state index contributed by atoms with van der Waals surface area (Å²) in [6, 6.07) is 11.4. The summed E-state index contributed by atoms with van der Waals surface area (Å²) in [4.78, 5) is 0. The number of halogens is 2. The summed E-state index contributed by atoms with van der Waals surface area (Å²) in [5, 5.41) is 12.2. The van der Waals surface area contributed by atoms with Gasteiger partial charge in [-0.05, 0) is 30.3 Å². The molecule has 0 radical (unpaired) electrons. The summed E-state index contributed by atoms with van der Waals surface area (Å²) < 4.78 is 18.2. The standard InChI is InChI=1S/C14H10ClFN2O/c1-19-14-7-11(4-5-13(14)16)18-10-3-2-9(8-17)12(15)6-10/h2-7,18H,1H3. The van der Waals surface area contributed by atoms with Crippen LogP contribution in [0.2, 0.25) is 5.02 Å². The van der Waals surface area contributed by atoms with Gasteiger partial charge in [-0.3, -0.25) is 0 Å². The SMILES string of the molecule is COc1cc(Nc2ccc(C#N)c(Cl)c2)ccc1F. The van der Waals surface area contributed by atoms with E-state index in [1.54, 1.807) is 30.3 Å². The van der Waals surface area contributed by atoms with Crippen molar-refractivity contribution in [1.29, 1.82) is 5.26 Å². The van der Waals surface area contributed by atoms with E-state index in [-0.39, 0.29) is 5.75 Å². The lowest BCUT2D eigenvalue weighted by atomic mass is 10.2. The Morgan fingerprint density at radius 3 is 2.53 bits per heavy atom. The summed E-state index contributed by atoms with van der Waals surface area (Å²) in [6.45, 7) is 0. The number of anilines is 2. The van der Waals surface area contributed by atoms with Crippen LogP contribution >= 0.6 is 11.6 Å². The van der Waals surface area contributed by atoms with E-state index in [0.717, 1.165) is 0 Å². The lowest BCUT2D eigenvalue weighted by Gasteiger charge is -2.09. The maximum absolute atomic E-state index is 13.3. The highest BCUT2D eigenvalue weighted by Gasteiger charge is 2.05. The average Bonchev–Trinajstić information content (AvgIpc) is 2.41. The van der Waals surface area contributed by atoms with Crippen molar-refractivity contribution >= 4 is 23.0 Å². The number of rotatable bonds is 3. The summed E-state index contributed by atoms with van der Waals surface area (Å²) in [6.07, 6.45) is 0. The van der Waals surface area contributed by atoms with Gasteiger partial charge in [-0.15, -0.1) is 0 Å². The van der Waals surface area contributed by atoms with Gasteiger partial charge in [-0.2, -0.15) is 5.26 Å². The minimum Gasteiger partial charge on any atom is -0.494 e. The molecule has 0 aliphatic rings. The van der Waals surface area contributed by atoms with Gasteiger partial charge in [0.2, 0.25) is 0 Å². The van der Waals surface area contributed by atoms with Crippen molar-refractivity contribution in [3.63, 3.8) is 0 Å². The van der Waals surface area contributed by atoms with Crippen LogP contribution in [0.1, 0.15) is 5.56 Å². The van der Waals surface area contributed by atoms with Crippen molar-refractivity contribution in [3.05, 3.63) is 52.8 Å². The molecule has 5 heteroatoms. The number of hydrogen-bond donors (Lipinski definition) is 1. The molecular weight excluding hydrogens is 267 g/mol. The highest BCUT2D eigenvalue weighted by Crippen LogP contribution is 2.26. The molecule has 0 atom stereocenters. The van der Waals surface area contributed by atoms with Gasteiger partial charge in [0.15, 0.2) is 11.6 Å². The van der Waals surface area contributed by atoms with E-state index in [1.165, 1.54) is 13.2 Å². The summed E-state index contributed by atoms with van der Waals surface area (Å²) in [7, 11) is 1.40. The molecular formula is C14H10ClFN2O. The minimum atomic E-state index is -0.425. The Bertz CT molecular complexity index is 643. The molecule has 1 N–H and O–H groups in total. The molecule has 2 aromatic rings. The fourth-order valence-corrected chi connectivity index (χ4v) is 1.81. The van der Waals surface area contributed by atoms with Gasteiger partial charge in [0, 0.05) is 17.4 Å². The normalized spacial score (nSPS) is 9.79. The molecule has 0 aliphatic heterocycles. The van der Waals surface area contributed by atoms with Crippen molar-refractivity contribution in [3.8, 4) is 11.8 Å². The molecule has 0 spiro atoms. The van der Waals surface area contributed by atoms with E-state index in [1.807, 2.05) is 6.07 Å². The Hall–Kier alpha value is -2.25. The lowest BCUT2D eigenvalue weighted by Crippen LogP contribution is -1.94. The van der Waals surface area contributed by atoms with E-state index >= 15 is 0 Å². The first-order chi connectivity index (χ1) is 9.13. The molecule has 0 saturated carbocycles. The lowest BCUT2D eigenvalue weighted by molar-refractivity contribution is 0.387. The molecule has 19 heavy (non-hydrogen) atoms. The first-order valence-corrected chi connectivity index (χ1v) is 5.82. The second-order valence-electron chi connectivity index (χ2n) is 3.78. The predicted molar refractivity (Wildman–Crippen MR) is 72.4 cm³/mol. The summed E-state index contributed by atoms with van der Waals surface area (Å²) in [5.41, 5.74) is 1.78. The number of hydrogen-bond acceptors (Lipinski definition) is 3. The number of nitrogens with zero attached hydrogens (tertiary/aromatic N) is 1. The van der Waals surface area contributed by atoms with Crippen molar-refractivity contribution in [2.75, 3.05) is 12.4 Å². The third-order valence-corrected chi connectivity index (χ3v) is 2.84. The summed E-state index contributed by atoms with van der Waals surface area (Å²) in [5.74, 6) is -0.268. The molecule has 3 nitrogen and oxygen atoms in total. The third-order valence-electron chi connectivity index (χ3n) is 2.53. The van der Waals surface area contributed by atoms with Gasteiger partial charge >= 0.3 is 0 Å². The van der Waals surface area contributed by atoms with Crippen molar-refractivity contribution < 1.29 is 9.13 Å².